The lowest BCUT2D eigenvalue weighted by atomic mass is 10.1. The standard InChI is InChI=1S/C9H15N4O6PS/c1-20(17,18)21-2-4-5(14)6(15)9(19-4)13-3-11-8(12-13)7(10)16/h3-6,9,14-15H,2H2,1H3,(H2,10,16)(H,17,18)/t4-,5-,6-,9-/m1/s1. The van der Waals surface area contributed by atoms with Crippen LogP contribution in [0.2, 0.25) is 0 Å². The summed E-state index contributed by atoms with van der Waals surface area (Å²) in [7, 11) is 0. The van der Waals surface area contributed by atoms with Crippen molar-refractivity contribution in [2.75, 3.05) is 12.4 Å². The van der Waals surface area contributed by atoms with Gasteiger partial charge in [0, 0.05) is 12.4 Å². The van der Waals surface area contributed by atoms with Gasteiger partial charge in [0.25, 0.3) is 12.5 Å². The summed E-state index contributed by atoms with van der Waals surface area (Å²) in [5.74, 6) is -1.05. The first-order chi connectivity index (χ1) is 9.69. The second kappa shape index (κ2) is 6.03. The Morgan fingerprint density at radius 1 is 1.57 bits per heavy atom. The topological polar surface area (TPSA) is 161 Å². The lowest BCUT2D eigenvalue weighted by Gasteiger charge is -2.14. The van der Waals surface area contributed by atoms with Gasteiger partial charge < -0.3 is 25.6 Å². The maximum Gasteiger partial charge on any atom is 0.288 e. The van der Waals surface area contributed by atoms with Crippen LogP contribution >= 0.6 is 18.0 Å². The monoisotopic (exact) mass is 338 g/mol. The van der Waals surface area contributed by atoms with Crippen LogP contribution < -0.4 is 5.73 Å². The van der Waals surface area contributed by atoms with Crippen molar-refractivity contribution in [2.24, 2.45) is 5.73 Å². The second-order valence-corrected chi connectivity index (χ2v) is 9.56. The van der Waals surface area contributed by atoms with Gasteiger partial charge in [0.2, 0.25) is 5.82 Å². The Balaban J connectivity index is 2.08. The molecule has 0 aliphatic carbocycles. The molecule has 118 valence electrons. The minimum absolute atomic E-state index is 0.0242. The summed E-state index contributed by atoms with van der Waals surface area (Å²) in [6, 6.07) is 0. The number of carbonyl (C=O) groups excluding carboxylic acids is 1. The number of amides is 1. The van der Waals surface area contributed by atoms with Gasteiger partial charge in [0.15, 0.2) is 6.23 Å². The van der Waals surface area contributed by atoms with Crippen LogP contribution in [0, 0.1) is 0 Å². The quantitative estimate of drug-likeness (QED) is 0.470. The molecule has 1 amide bonds. The minimum Gasteiger partial charge on any atom is -0.387 e. The van der Waals surface area contributed by atoms with Crippen molar-refractivity contribution in [1.82, 2.24) is 14.8 Å². The summed E-state index contributed by atoms with van der Waals surface area (Å²) in [6.07, 6.45) is -3.33. The molecule has 10 nitrogen and oxygen atoms in total. The minimum atomic E-state index is -3.32. The van der Waals surface area contributed by atoms with Gasteiger partial charge in [0.1, 0.15) is 18.5 Å². The maximum absolute atomic E-state index is 11.2. The third-order valence-corrected chi connectivity index (χ3v) is 5.65. The van der Waals surface area contributed by atoms with Gasteiger partial charge in [-0.25, -0.2) is 9.67 Å². The maximum atomic E-state index is 11.2. The molecule has 1 aromatic rings. The van der Waals surface area contributed by atoms with Crippen LogP contribution in [0.4, 0.5) is 0 Å². The smallest absolute Gasteiger partial charge is 0.288 e. The summed E-state index contributed by atoms with van der Waals surface area (Å²) in [5, 5.41) is 23.6. The molecule has 12 heteroatoms. The molecule has 5 N–H and O–H groups in total. The number of nitrogens with two attached hydrogens (primary N) is 1. The normalized spacial score (nSPS) is 32.0. The first-order valence-corrected chi connectivity index (χ1v) is 9.56. The van der Waals surface area contributed by atoms with Gasteiger partial charge in [-0.3, -0.25) is 9.36 Å². The van der Waals surface area contributed by atoms with E-state index in [0.29, 0.717) is 0 Å². The van der Waals surface area contributed by atoms with Crippen LogP contribution in [-0.2, 0) is 9.30 Å². The third-order valence-electron chi connectivity index (χ3n) is 2.81. The van der Waals surface area contributed by atoms with E-state index < -0.39 is 37.0 Å². The zero-order chi connectivity index (χ0) is 15.8. The predicted octanol–water partition coefficient (Wildman–Crippen LogP) is -1.46. The summed E-state index contributed by atoms with van der Waals surface area (Å²) in [4.78, 5) is 23.8. The van der Waals surface area contributed by atoms with Gasteiger partial charge >= 0.3 is 0 Å². The lowest BCUT2D eigenvalue weighted by molar-refractivity contribution is -0.0389. The van der Waals surface area contributed by atoms with Gasteiger partial charge in [-0.1, -0.05) is 11.4 Å². The fourth-order valence-corrected chi connectivity index (χ4v) is 3.78. The molecule has 21 heavy (non-hydrogen) atoms. The number of ether oxygens (including phenoxy) is 1. The molecule has 2 heterocycles. The molecule has 1 aliphatic rings. The summed E-state index contributed by atoms with van der Waals surface area (Å²) >= 11 is 0.740. The van der Waals surface area contributed by atoms with Crippen LogP contribution in [0.3, 0.4) is 0 Å². The molecule has 1 aliphatic heterocycles. The highest BCUT2D eigenvalue weighted by atomic mass is 32.7. The highest BCUT2D eigenvalue weighted by Crippen LogP contribution is 2.51. The van der Waals surface area contributed by atoms with Gasteiger partial charge in [0.05, 0.1) is 6.10 Å². The molecule has 1 saturated heterocycles. The summed E-state index contributed by atoms with van der Waals surface area (Å²) < 4.78 is 17.7. The number of aliphatic hydroxyl groups is 2. The zero-order valence-corrected chi connectivity index (χ0v) is 12.6. The Morgan fingerprint density at radius 2 is 2.24 bits per heavy atom. The number of aromatic nitrogens is 3. The lowest BCUT2D eigenvalue weighted by Crippen LogP contribution is -2.32. The van der Waals surface area contributed by atoms with Crippen LogP contribution in [0.15, 0.2) is 6.33 Å². The molecule has 0 saturated carbocycles. The molecule has 0 bridgehead atoms. The van der Waals surface area contributed by atoms with E-state index in [1.165, 1.54) is 6.66 Å². The molecule has 2 rings (SSSR count). The molecular weight excluding hydrogens is 323 g/mol. The molecule has 5 atom stereocenters. The first-order valence-electron chi connectivity index (χ1n) is 5.86. The third kappa shape index (κ3) is 3.82. The van der Waals surface area contributed by atoms with E-state index >= 15 is 0 Å². The van der Waals surface area contributed by atoms with E-state index in [1.807, 2.05) is 0 Å². The number of primary amides is 1. The summed E-state index contributed by atoms with van der Waals surface area (Å²) in [5.41, 5.74) is 5.02. The van der Waals surface area contributed by atoms with Crippen LogP contribution in [0.5, 0.6) is 0 Å². The van der Waals surface area contributed by atoms with Crippen LogP contribution in [-0.4, -0.2) is 66.5 Å². The Labute approximate surface area is 123 Å². The highest BCUT2D eigenvalue weighted by Gasteiger charge is 2.44. The molecule has 0 spiro atoms. The Bertz CT molecular complexity index is 576. The van der Waals surface area contributed by atoms with E-state index in [0.717, 1.165) is 22.4 Å². The average molecular weight is 338 g/mol. The Hall–Kier alpha value is -0.970. The van der Waals surface area contributed by atoms with E-state index in [4.69, 9.17) is 10.5 Å². The Morgan fingerprint density at radius 3 is 2.76 bits per heavy atom. The average Bonchev–Trinajstić information content (AvgIpc) is 2.94. The molecule has 0 aromatic carbocycles. The van der Waals surface area contributed by atoms with E-state index in [-0.39, 0.29) is 11.6 Å². The highest BCUT2D eigenvalue weighted by molar-refractivity contribution is 8.56. The van der Waals surface area contributed by atoms with E-state index in [2.05, 4.69) is 10.1 Å². The van der Waals surface area contributed by atoms with Gasteiger partial charge in [-0.15, -0.1) is 5.10 Å². The predicted molar refractivity (Wildman–Crippen MR) is 72.7 cm³/mol. The van der Waals surface area contributed by atoms with E-state index in [1.54, 1.807) is 0 Å². The molecular formula is C9H15N4O6PS. The number of nitrogens with zero attached hydrogens (tertiary/aromatic N) is 3. The van der Waals surface area contributed by atoms with Crippen molar-refractivity contribution >= 4 is 23.9 Å². The molecule has 1 fully saturated rings. The van der Waals surface area contributed by atoms with Crippen molar-refractivity contribution in [1.29, 1.82) is 0 Å². The van der Waals surface area contributed by atoms with Crippen molar-refractivity contribution in [3.63, 3.8) is 0 Å². The van der Waals surface area contributed by atoms with Crippen LogP contribution in [0.1, 0.15) is 16.8 Å². The van der Waals surface area contributed by atoms with Crippen molar-refractivity contribution in [2.45, 2.75) is 24.5 Å². The zero-order valence-electron chi connectivity index (χ0n) is 10.9. The number of aliphatic hydroxyl groups excluding tert-OH is 2. The van der Waals surface area contributed by atoms with Gasteiger partial charge in [-0.2, -0.15) is 0 Å². The van der Waals surface area contributed by atoms with E-state index in [9.17, 15) is 24.5 Å². The van der Waals surface area contributed by atoms with Crippen molar-refractivity contribution in [3.8, 4) is 0 Å². The number of rotatable bonds is 5. The molecule has 1 unspecified atom stereocenters. The SMILES string of the molecule is CP(=O)(O)SC[C@H]1O[C@@H](n2cnc(C(N)=O)n2)[C@H](O)[C@@H]1O. The fourth-order valence-electron chi connectivity index (χ4n) is 1.81. The Kier molecular flexibility index (Phi) is 4.71. The fraction of sp³-hybridized carbons (Fsp3) is 0.667. The number of hydrogen-bond acceptors (Lipinski definition) is 8. The van der Waals surface area contributed by atoms with Crippen molar-refractivity contribution in [3.05, 3.63) is 12.2 Å². The van der Waals surface area contributed by atoms with Crippen LogP contribution in [0.25, 0.3) is 0 Å². The van der Waals surface area contributed by atoms with Crippen molar-refractivity contribution < 1.29 is 29.2 Å². The van der Waals surface area contributed by atoms with Gasteiger partial charge in [-0.05, 0) is 0 Å². The molecule has 0 radical (unpaired) electrons. The molecule has 1 aromatic heterocycles. The number of hydrogen-bond donors (Lipinski definition) is 4. The number of carbonyl (C=O) groups is 1. The first kappa shape index (κ1) is 16.4. The summed E-state index contributed by atoms with van der Waals surface area (Å²) in [6.45, 7) is -2.15. The largest absolute Gasteiger partial charge is 0.387 e. The second-order valence-electron chi connectivity index (χ2n) is 4.56.